The number of nitrogens with one attached hydrogen (secondary N) is 1. The molecule has 4 nitrogen and oxygen atoms in total. The second kappa shape index (κ2) is 5.98. The molecule has 2 rings (SSSR count). The van der Waals surface area contributed by atoms with Crippen LogP contribution in [0.4, 0.5) is 4.39 Å². The van der Waals surface area contributed by atoms with Gasteiger partial charge in [0.1, 0.15) is 5.82 Å². The largest absolute Gasteiger partial charge is 0.309 e. The number of aromatic nitrogens is 3. The molecule has 1 heterocycles. The number of nitrogens with zero attached hydrogens (tertiary/aromatic N) is 3. The van der Waals surface area contributed by atoms with E-state index in [1.807, 2.05) is 0 Å². The van der Waals surface area contributed by atoms with Crippen molar-refractivity contribution >= 4 is 27.5 Å². The molecule has 19 heavy (non-hydrogen) atoms. The van der Waals surface area contributed by atoms with E-state index in [2.05, 4.69) is 45.4 Å². The molecule has 102 valence electrons. The van der Waals surface area contributed by atoms with Crippen LogP contribution in [-0.4, -0.2) is 21.0 Å². The summed E-state index contributed by atoms with van der Waals surface area (Å²) in [5.74, 6) is -0.400. The van der Waals surface area contributed by atoms with Crippen LogP contribution < -0.4 is 5.32 Å². The first kappa shape index (κ1) is 14.4. The Morgan fingerprint density at radius 2 is 2.21 bits per heavy atom. The number of hydrogen-bond donors (Lipinski definition) is 1. The number of halogens is 3. The maximum absolute atomic E-state index is 13.2. The summed E-state index contributed by atoms with van der Waals surface area (Å²) in [4.78, 5) is 0. The molecule has 0 aliphatic heterocycles. The summed E-state index contributed by atoms with van der Waals surface area (Å²) in [5, 5.41) is 11.4. The Labute approximate surface area is 124 Å². The van der Waals surface area contributed by atoms with Gasteiger partial charge >= 0.3 is 0 Å². The van der Waals surface area contributed by atoms with E-state index in [4.69, 9.17) is 11.6 Å². The zero-order valence-corrected chi connectivity index (χ0v) is 12.8. The second-order valence-electron chi connectivity index (χ2n) is 4.39. The van der Waals surface area contributed by atoms with Gasteiger partial charge in [0.2, 0.25) is 0 Å². The normalized spacial score (nSPS) is 11.3. The van der Waals surface area contributed by atoms with Gasteiger partial charge in [0.05, 0.1) is 22.6 Å². The van der Waals surface area contributed by atoms with E-state index in [9.17, 15) is 4.39 Å². The second-order valence-corrected chi connectivity index (χ2v) is 5.65. The van der Waals surface area contributed by atoms with Crippen molar-refractivity contribution in [3.05, 3.63) is 39.3 Å². The molecular weight excluding hydrogens is 335 g/mol. The van der Waals surface area contributed by atoms with Crippen molar-refractivity contribution in [2.45, 2.75) is 26.4 Å². The third-order valence-electron chi connectivity index (χ3n) is 2.50. The molecule has 0 amide bonds. The van der Waals surface area contributed by atoms with Crippen molar-refractivity contribution in [1.82, 2.24) is 20.3 Å². The van der Waals surface area contributed by atoms with Crippen molar-refractivity contribution in [3.8, 4) is 5.69 Å². The van der Waals surface area contributed by atoms with E-state index in [-0.39, 0.29) is 5.02 Å². The molecule has 1 aromatic carbocycles. The summed E-state index contributed by atoms with van der Waals surface area (Å²) in [5.41, 5.74) is 1.43. The van der Waals surface area contributed by atoms with Crippen LogP contribution in [0.2, 0.25) is 5.02 Å². The van der Waals surface area contributed by atoms with Gasteiger partial charge in [-0.2, -0.15) is 0 Å². The van der Waals surface area contributed by atoms with E-state index in [0.717, 1.165) is 5.69 Å². The summed E-state index contributed by atoms with van der Waals surface area (Å²) in [6.07, 6.45) is 1.65. The lowest BCUT2D eigenvalue weighted by molar-refractivity contribution is 0.569. The third-order valence-corrected chi connectivity index (χ3v) is 3.40. The molecule has 0 atom stereocenters. The number of hydrogen-bond acceptors (Lipinski definition) is 3. The molecule has 0 spiro atoms. The molecule has 0 aliphatic carbocycles. The van der Waals surface area contributed by atoms with Crippen LogP contribution >= 0.6 is 27.5 Å². The highest BCUT2D eigenvalue weighted by Crippen LogP contribution is 2.30. The Kier molecular flexibility index (Phi) is 4.54. The summed E-state index contributed by atoms with van der Waals surface area (Å²) in [6, 6.07) is 2.95. The Bertz CT molecular complexity index is 562. The molecule has 0 bridgehead atoms. The van der Waals surface area contributed by atoms with Crippen molar-refractivity contribution in [3.63, 3.8) is 0 Å². The van der Waals surface area contributed by atoms with Crippen LogP contribution in [0.15, 0.2) is 22.8 Å². The standard InChI is InChI=1S/C12H13BrClFN4/c1-7(2)16-5-9-6-17-18-19(9)12-10(13)3-8(15)4-11(12)14/h3-4,6-7,16H,5H2,1-2H3. The van der Waals surface area contributed by atoms with Crippen molar-refractivity contribution in [2.24, 2.45) is 0 Å². The average molecular weight is 348 g/mol. The number of benzene rings is 1. The highest BCUT2D eigenvalue weighted by atomic mass is 79.9. The van der Waals surface area contributed by atoms with Gasteiger partial charge < -0.3 is 5.32 Å². The van der Waals surface area contributed by atoms with E-state index in [1.54, 1.807) is 10.9 Å². The number of rotatable bonds is 4. The Balaban J connectivity index is 2.40. The van der Waals surface area contributed by atoms with Gasteiger partial charge in [0.25, 0.3) is 0 Å². The van der Waals surface area contributed by atoms with Crippen LogP contribution in [0, 0.1) is 5.82 Å². The first-order valence-electron chi connectivity index (χ1n) is 5.77. The minimum absolute atomic E-state index is 0.281. The highest BCUT2D eigenvalue weighted by Gasteiger charge is 2.14. The minimum Gasteiger partial charge on any atom is -0.309 e. The Hall–Kier alpha value is -0.980. The first-order valence-corrected chi connectivity index (χ1v) is 6.94. The van der Waals surface area contributed by atoms with Gasteiger partial charge in [0, 0.05) is 17.1 Å². The van der Waals surface area contributed by atoms with Crippen LogP contribution in [-0.2, 0) is 6.54 Å². The molecule has 0 saturated carbocycles. The lowest BCUT2D eigenvalue weighted by Crippen LogP contribution is -2.23. The molecule has 2 aromatic rings. The molecule has 0 aliphatic rings. The van der Waals surface area contributed by atoms with E-state index >= 15 is 0 Å². The molecule has 1 aromatic heterocycles. The van der Waals surface area contributed by atoms with Crippen LogP contribution in [0.1, 0.15) is 19.5 Å². The third kappa shape index (κ3) is 3.32. The smallest absolute Gasteiger partial charge is 0.125 e. The van der Waals surface area contributed by atoms with E-state index in [1.165, 1.54) is 12.1 Å². The molecule has 0 radical (unpaired) electrons. The molecule has 1 N–H and O–H groups in total. The lowest BCUT2D eigenvalue weighted by Gasteiger charge is -2.12. The zero-order chi connectivity index (χ0) is 14.0. The molecular formula is C12H13BrClFN4. The van der Waals surface area contributed by atoms with Crippen molar-refractivity contribution in [1.29, 1.82) is 0 Å². The molecule has 0 unspecified atom stereocenters. The summed E-state index contributed by atoms with van der Waals surface area (Å²) in [6.45, 7) is 4.70. The SMILES string of the molecule is CC(C)NCc1cnnn1-c1c(Cl)cc(F)cc1Br. The van der Waals surface area contributed by atoms with Crippen LogP contribution in [0.3, 0.4) is 0 Å². The van der Waals surface area contributed by atoms with Gasteiger partial charge in [-0.25, -0.2) is 9.07 Å². The van der Waals surface area contributed by atoms with E-state index < -0.39 is 5.82 Å². The van der Waals surface area contributed by atoms with Crippen LogP contribution in [0.5, 0.6) is 0 Å². The fourth-order valence-corrected chi connectivity index (χ4v) is 2.61. The Morgan fingerprint density at radius 3 is 2.84 bits per heavy atom. The summed E-state index contributed by atoms with van der Waals surface area (Å²) >= 11 is 9.38. The van der Waals surface area contributed by atoms with Crippen molar-refractivity contribution in [2.75, 3.05) is 0 Å². The van der Waals surface area contributed by atoms with Gasteiger partial charge in [-0.3, -0.25) is 0 Å². The maximum Gasteiger partial charge on any atom is 0.125 e. The fraction of sp³-hybridized carbons (Fsp3) is 0.333. The molecule has 7 heteroatoms. The molecule has 0 saturated heterocycles. The van der Waals surface area contributed by atoms with Gasteiger partial charge in [-0.1, -0.05) is 30.7 Å². The minimum atomic E-state index is -0.400. The van der Waals surface area contributed by atoms with Crippen molar-refractivity contribution < 1.29 is 4.39 Å². The monoisotopic (exact) mass is 346 g/mol. The van der Waals surface area contributed by atoms with Gasteiger partial charge in [0.15, 0.2) is 0 Å². The quantitative estimate of drug-likeness (QED) is 0.922. The first-order chi connectivity index (χ1) is 8.99. The summed E-state index contributed by atoms with van der Waals surface area (Å²) < 4.78 is 15.4. The highest BCUT2D eigenvalue weighted by molar-refractivity contribution is 9.10. The van der Waals surface area contributed by atoms with E-state index in [0.29, 0.717) is 22.7 Å². The van der Waals surface area contributed by atoms with Gasteiger partial charge in [-0.15, -0.1) is 5.10 Å². The predicted molar refractivity (Wildman–Crippen MR) is 76.0 cm³/mol. The molecule has 0 fully saturated rings. The summed E-state index contributed by atoms with van der Waals surface area (Å²) in [7, 11) is 0. The fourth-order valence-electron chi connectivity index (χ4n) is 1.61. The maximum atomic E-state index is 13.2. The van der Waals surface area contributed by atoms with Gasteiger partial charge in [-0.05, 0) is 28.1 Å². The lowest BCUT2D eigenvalue weighted by atomic mass is 10.3. The predicted octanol–water partition coefficient (Wildman–Crippen LogP) is 3.32. The zero-order valence-electron chi connectivity index (χ0n) is 10.5. The van der Waals surface area contributed by atoms with Crippen LogP contribution in [0.25, 0.3) is 5.69 Å². The topological polar surface area (TPSA) is 42.7 Å². The Morgan fingerprint density at radius 1 is 1.47 bits per heavy atom. The average Bonchev–Trinajstić information content (AvgIpc) is 2.73.